The lowest BCUT2D eigenvalue weighted by Gasteiger charge is -2.17. The number of esters is 2. The molecule has 0 saturated carbocycles. The van der Waals surface area contributed by atoms with Crippen LogP contribution in [0, 0.1) is 0 Å². The van der Waals surface area contributed by atoms with Crippen molar-refractivity contribution in [3.8, 4) is 11.1 Å². The molecular weight excluding hydrogens is 404 g/mol. The van der Waals surface area contributed by atoms with Gasteiger partial charge in [0, 0.05) is 6.42 Å². The van der Waals surface area contributed by atoms with Crippen molar-refractivity contribution in [2.75, 3.05) is 20.3 Å². The van der Waals surface area contributed by atoms with Gasteiger partial charge in [-0.3, -0.25) is 0 Å². The molecule has 1 atom stereocenters. The number of methoxy groups -OCH3 is 1. The Bertz CT molecular complexity index is 1330. The Labute approximate surface area is 185 Å². The van der Waals surface area contributed by atoms with Crippen molar-refractivity contribution in [2.24, 2.45) is 0 Å². The number of carbonyl (C=O) groups excluding carboxylic acids is 2. The zero-order chi connectivity index (χ0) is 22.1. The van der Waals surface area contributed by atoms with Gasteiger partial charge in [-0.25, -0.2) is 9.59 Å². The predicted octanol–water partition coefficient (Wildman–Crippen LogP) is 5.39. The zero-order valence-corrected chi connectivity index (χ0v) is 17.7. The number of hydrogen-bond donors (Lipinski definition) is 0. The Kier molecular flexibility index (Phi) is 5.33. The highest BCUT2D eigenvalue weighted by atomic mass is 16.6. The average Bonchev–Trinajstić information content (AvgIpc) is 3.35. The second kappa shape index (κ2) is 8.44. The first kappa shape index (κ1) is 20.2. The summed E-state index contributed by atoms with van der Waals surface area (Å²) in [5.41, 5.74) is 2.09. The maximum Gasteiger partial charge on any atom is 0.339 e. The first-order valence-corrected chi connectivity index (χ1v) is 10.6. The molecule has 0 amide bonds. The number of hydrogen-bond acceptors (Lipinski definition) is 5. The van der Waals surface area contributed by atoms with E-state index < -0.39 is 11.9 Å². The molecule has 4 aromatic carbocycles. The molecule has 0 N–H and O–H groups in total. The van der Waals surface area contributed by atoms with Gasteiger partial charge in [-0.05, 0) is 56.9 Å². The van der Waals surface area contributed by atoms with E-state index in [1.54, 1.807) is 0 Å². The third-order valence-electron chi connectivity index (χ3n) is 5.85. The van der Waals surface area contributed by atoms with Crippen LogP contribution in [0.1, 0.15) is 27.1 Å². The smallest absolute Gasteiger partial charge is 0.339 e. The third kappa shape index (κ3) is 3.72. The molecule has 160 valence electrons. The SMILES string of the molecule is COC(=O)c1cc2ccccc2cc1-c1cc2ccccc2cc1C(=O)OC1CCOC1. The van der Waals surface area contributed by atoms with Crippen molar-refractivity contribution in [3.05, 3.63) is 83.9 Å². The fraction of sp³-hybridized carbons (Fsp3) is 0.185. The molecule has 1 aliphatic heterocycles. The molecule has 1 aliphatic rings. The molecule has 1 unspecified atom stereocenters. The Morgan fingerprint density at radius 1 is 0.781 bits per heavy atom. The summed E-state index contributed by atoms with van der Waals surface area (Å²) in [5.74, 6) is -0.882. The summed E-state index contributed by atoms with van der Waals surface area (Å²) in [6.45, 7) is 0.984. The minimum absolute atomic E-state index is 0.265. The lowest BCUT2D eigenvalue weighted by molar-refractivity contribution is 0.0271. The lowest BCUT2D eigenvalue weighted by atomic mass is 9.90. The third-order valence-corrected chi connectivity index (χ3v) is 5.85. The highest BCUT2D eigenvalue weighted by Crippen LogP contribution is 2.35. The normalized spacial score (nSPS) is 15.7. The summed E-state index contributed by atoms with van der Waals surface area (Å²) in [4.78, 5) is 26.0. The van der Waals surface area contributed by atoms with Gasteiger partial charge in [0.1, 0.15) is 6.10 Å². The predicted molar refractivity (Wildman–Crippen MR) is 123 cm³/mol. The summed E-state index contributed by atoms with van der Waals surface area (Å²) in [5, 5.41) is 3.77. The summed E-state index contributed by atoms with van der Waals surface area (Å²) in [6.07, 6.45) is 0.413. The van der Waals surface area contributed by atoms with Crippen LogP contribution < -0.4 is 0 Å². The lowest BCUT2D eigenvalue weighted by Crippen LogP contribution is -2.19. The van der Waals surface area contributed by atoms with Crippen LogP contribution in [-0.2, 0) is 14.2 Å². The van der Waals surface area contributed by atoms with E-state index in [1.165, 1.54) is 7.11 Å². The number of carbonyl (C=O) groups is 2. The number of ether oxygens (including phenoxy) is 3. The second-order valence-electron chi connectivity index (χ2n) is 7.87. The van der Waals surface area contributed by atoms with E-state index in [2.05, 4.69) is 0 Å². The average molecular weight is 426 g/mol. The van der Waals surface area contributed by atoms with E-state index >= 15 is 0 Å². The summed E-state index contributed by atoms with van der Waals surface area (Å²) >= 11 is 0. The quantitative estimate of drug-likeness (QED) is 0.409. The van der Waals surface area contributed by atoms with Crippen molar-refractivity contribution in [3.63, 3.8) is 0 Å². The molecule has 0 spiro atoms. The van der Waals surface area contributed by atoms with Crippen molar-refractivity contribution in [1.29, 1.82) is 0 Å². The van der Waals surface area contributed by atoms with Crippen molar-refractivity contribution in [1.82, 2.24) is 0 Å². The molecule has 5 nitrogen and oxygen atoms in total. The molecule has 32 heavy (non-hydrogen) atoms. The van der Waals surface area contributed by atoms with E-state index in [0.29, 0.717) is 41.9 Å². The van der Waals surface area contributed by atoms with Crippen molar-refractivity contribution >= 4 is 33.5 Å². The van der Waals surface area contributed by atoms with Gasteiger partial charge in [0.2, 0.25) is 0 Å². The van der Waals surface area contributed by atoms with E-state index in [0.717, 1.165) is 21.5 Å². The largest absolute Gasteiger partial charge is 0.465 e. The Balaban J connectivity index is 1.74. The van der Waals surface area contributed by atoms with Crippen LogP contribution in [0.4, 0.5) is 0 Å². The van der Waals surface area contributed by atoms with Crippen LogP contribution in [0.25, 0.3) is 32.7 Å². The highest BCUT2D eigenvalue weighted by Gasteiger charge is 2.25. The van der Waals surface area contributed by atoms with Crippen LogP contribution in [-0.4, -0.2) is 38.4 Å². The molecule has 1 saturated heterocycles. The second-order valence-corrected chi connectivity index (χ2v) is 7.87. The minimum Gasteiger partial charge on any atom is -0.465 e. The first-order chi connectivity index (χ1) is 15.6. The van der Waals surface area contributed by atoms with Crippen molar-refractivity contribution in [2.45, 2.75) is 12.5 Å². The van der Waals surface area contributed by atoms with Gasteiger partial charge >= 0.3 is 11.9 Å². The van der Waals surface area contributed by atoms with Crippen molar-refractivity contribution < 1.29 is 23.8 Å². The number of fused-ring (bicyclic) bond motifs is 2. The highest BCUT2D eigenvalue weighted by molar-refractivity contribution is 6.09. The molecule has 0 bridgehead atoms. The molecule has 1 heterocycles. The van der Waals surface area contributed by atoms with E-state index in [9.17, 15) is 9.59 Å². The fourth-order valence-corrected chi connectivity index (χ4v) is 4.19. The van der Waals surface area contributed by atoms with Crippen LogP contribution in [0.3, 0.4) is 0 Å². The summed E-state index contributed by atoms with van der Waals surface area (Å²) < 4.78 is 16.2. The minimum atomic E-state index is -0.456. The standard InChI is InChI=1S/C27H22O5/c1-30-26(28)24-14-19-8-4-2-6-17(19)12-22(24)23-13-18-7-3-5-9-20(18)15-25(23)27(29)32-21-10-11-31-16-21/h2-9,12-15,21H,10-11,16H2,1H3. The van der Waals surface area contributed by atoms with E-state index in [4.69, 9.17) is 14.2 Å². The van der Waals surface area contributed by atoms with Gasteiger partial charge in [0.15, 0.2) is 0 Å². The molecule has 4 aromatic rings. The fourth-order valence-electron chi connectivity index (χ4n) is 4.19. The van der Waals surface area contributed by atoms with Crippen LogP contribution >= 0.6 is 0 Å². The Morgan fingerprint density at radius 2 is 1.28 bits per heavy atom. The monoisotopic (exact) mass is 426 g/mol. The number of rotatable bonds is 4. The maximum absolute atomic E-state index is 13.3. The molecule has 5 rings (SSSR count). The maximum atomic E-state index is 13.3. The zero-order valence-electron chi connectivity index (χ0n) is 17.7. The topological polar surface area (TPSA) is 61.8 Å². The molecule has 0 aromatic heterocycles. The molecule has 5 heteroatoms. The van der Waals surface area contributed by atoms with E-state index in [-0.39, 0.29) is 6.10 Å². The molecule has 0 radical (unpaired) electrons. The summed E-state index contributed by atoms with van der Waals surface area (Å²) in [6, 6.07) is 23.1. The Hall–Kier alpha value is -3.70. The van der Waals surface area contributed by atoms with Gasteiger partial charge in [-0.15, -0.1) is 0 Å². The van der Waals surface area contributed by atoms with E-state index in [1.807, 2.05) is 72.8 Å². The van der Waals surface area contributed by atoms with Crippen LogP contribution in [0.15, 0.2) is 72.8 Å². The Morgan fingerprint density at radius 3 is 1.75 bits per heavy atom. The van der Waals surface area contributed by atoms with Gasteiger partial charge < -0.3 is 14.2 Å². The molecule has 1 fully saturated rings. The van der Waals surface area contributed by atoms with Gasteiger partial charge in [-0.2, -0.15) is 0 Å². The first-order valence-electron chi connectivity index (χ1n) is 10.6. The van der Waals surface area contributed by atoms with Gasteiger partial charge in [-0.1, -0.05) is 48.5 Å². The molecular formula is C27H22O5. The van der Waals surface area contributed by atoms with Gasteiger partial charge in [0.25, 0.3) is 0 Å². The number of benzene rings is 4. The van der Waals surface area contributed by atoms with Crippen LogP contribution in [0.2, 0.25) is 0 Å². The van der Waals surface area contributed by atoms with Gasteiger partial charge in [0.05, 0.1) is 31.5 Å². The summed E-state index contributed by atoms with van der Waals surface area (Å²) in [7, 11) is 1.36. The molecule has 0 aliphatic carbocycles. The van der Waals surface area contributed by atoms with Crippen LogP contribution in [0.5, 0.6) is 0 Å².